The third kappa shape index (κ3) is 15.0. The van der Waals surface area contributed by atoms with Gasteiger partial charge in [0.05, 0.1) is 0 Å². The van der Waals surface area contributed by atoms with Crippen LogP contribution in [0.2, 0.25) is 0 Å². The monoisotopic (exact) mass is 399 g/mol. The fraction of sp³-hybridized carbons (Fsp3) is 0.714. The van der Waals surface area contributed by atoms with Crippen molar-refractivity contribution in [2.24, 2.45) is 0 Å². The summed E-state index contributed by atoms with van der Waals surface area (Å²) in [6.45, 7) is 5.09. The highest BCUT2D eigenvalue weighted by atomic mass is 79.9. The van der Waals surface area contributed by atoms with E-state index in [1.807, 2.05) is 30.3 Å². The number of hydrogen-bond acceptors (Lipinski definition) is 2. The van der Waals surface area contributed by atoms with Crippen LogP contribution in [-0.2, 0) is 0 Å². The maximum atomic E-state index is 5.65. The Morgan fingerprint density at radius 3 is 1.83 bits per heavy atom. The molecule has 1 rings (SSSR count). The van der Waals surface area contributed by atoms with Crippen LogP contribution < -0.4 is 10.1 Å². The van der Waals surface area contributed by atoms with Crippen molar-refractivity contribution in [3.8, 4) is 5.75 Å². The van der Waals surface area contributed by atoms with Gasteiger partial charge in [-0.1, -0.05) is 89.3 Å². The molecule has 3 heteroatoms. The molecule has 140 valence electrons. The van der Waals surface area contributed by atoms with E-state index >= 15 is 0 Å². The summed E-state index contributed by atoms with van der Waals surface area (Å²) < 4.78 is 5.65. The van der Waals surface area contributed by atoms with E-state index in [9.17, 15) is 0 Å². The average molecular weight is 400 g/mol. The predicted molar refractivity (Wildman–Crippen MR) is 112 cm³/mol. The van der Waals surface area contributed by atoms with Gasteiger partial charge in [-0.05, 0) is 25.1 Å². The SMILES string of the molecule is Br.CCCCCCCCCCCCCNCCOc1ccccc1. The Balaban J connectivity index is 0.00000529. The van der Waals surface area contributed by atoms with E-state index in [0.29, 0.717) is 0 Å². The van der Waals surface area contributed by atoms with Crippen molar-refractivity contribution in [2.75, 3.05) is 19.7 Å². The van der Waals surface area contributed by atoms with Crippen LogP contribution >= 0.6 is 17.0 Å². The molecule has 24 heavy (non-hydrogen) atoms. The second-order valence-corrected chi connectivity index (χ2v) is 6.45. The summed E-state index contributed by atoms with van der Waals surface area (Å²) in [6, 6.07) is 10.0. The van der Waals surface area contributed by atoms with Crippen molar-refractivity contribution in [3.05, 3.63) is 30.3 Å². The topological polar surface area (TPSA) is 21.3 Å². The molecule has 0 aliphatic heterocycles. The zero-order chi connectivity index (χ0) is 16.4. The van der Waals surface area contributed by atoms with Gasteiger partial charge in [0.2, 0.25) is 0 Å². The number of unbranched alkanes of at least 4 members (excludes halogenated alkanes) is 10. The van der Waals surface area contributed by atoms with Crippen molar-refractivity contribution in [3.63, 3.8) is 0 Å². The van der Waals surface area contributed by atoms with E-state index < -0.39 is 0 Å². The van der Waals surface area contributed by atoms with Gasteiger partial charge in [-0.25, -0.2) is 0 Å². The smallest absolute Gasteiger partial charge is 0.119 e. The highest BCUT2D eigenvalue weighted by Gasteiger charge is 1.94. The van der Waals surface area contributed by atoms with Crippen molar-refractivity contribution in [1.29, 1.82) is 0 Å². The Morgan fingerprint density at radius 2 is 1.25 bits per heavy atom. The molecule has 2 nitrogen and oxygen atoms in total. The molecule has 0 aliphatic rings. The largest absolute Gasteiger partial charge is 0.492 e. The molecule has 0 aliphatic carbocycles. The maximum absolute atomic E-state index is 5.65. The van der Waals surface area contributed by atoms with E-state index in [4.69, 9.17) is 4.74 Å². The second kappa shape index (κ2) is 18.8. The minimum absolute atomic E-state index is 0. The lowest BCUT2D eigenvalue weighted by Crippen LogP contribution is -2.22. The molecule has 1 aromatic carbocycles. The highest BCUT2D eigenvalue weighted by molar-refractivity contribution is 8.93. The Hall–Kier alpha value is -0.540. The maximum Gasteiger partial charge on any atom is 0.119 e. The van der Waals surface area contributed by atoms with Gasteiger partial charge >= 0.3 is 0 Å². The third-order valence-corrected chi connectivity index (χ3v) is 4.25. The van der Waals surface area contributed by atoms with Crippen molar-refractivity contribution < 1.29 is 4.74 Å². The summed E-state index contributed by atoms with van der Waals surface area (Å²) in [4.78, 5) is 0. The summed E-state index contributed by atoms with van der Waals surface area (Å²) in [5, 5.41) is 3.46. The van der Waals surface area contributed by atoms with Crippen molar-refractivity contribution in [1.82, 2.24) is 5.32 Å². The molecule has 0 saturated carbocycles. The fourth-order valence-corrected chi connectivity index (χ4v) is 2.80. The van der Waals surface area contributed by atoms with E-state index in [2.05, 4.69) is 12.2 Å². The van der Waals surface area contributed by atoms with E-state index in [-0.39, 0.29) is 17.0 Å². The van der Waals surface area contributed by atoms with Crippen LogP contribution in [0, 0.1) is 0 Å². The Labute approximate surface area is 160 Å². The summed E-state index contributed by atoms with van der Waals surface area (Å²) in [5.41, 5.74) is 0. The van der Waals surface area contributed by atoms with Gasteiger partial charge in [0, 0.05) is 6.54 Å². The zero-order valence-electron chi connectivity index (χ0n) is 15.6. The van der Waals surface area contributed by atoms with Crippen LogP contribution in [0.3, 0.4) is 0 Å². The minimum Gasteiger partial charge on any atom is -0.492 e. The number of halogens is 1. The third-order valence-electron chi connectivity index (χ3n) is 4.25. The van der Waals surface area contributed by atoms with Crippen molar-refractivity contribution >= 4 is 17.0 Å². The molecule has 1 aromatic rings. The standard InChI is InChI=1S/C21H37NO.BrH/c1-2-3-4-5-6-7-8-9-10-11-15-18-22-19-20-23-21-16-13-12-14-17-21;/h12-14,16-17,22H,2-11,15,18-20H2,1H3;1H. The van der Waals surface area contributed by atoms with Crippen LogP contribution in [-0.4, -0.2) is 19.7 Å². The lowest BCUT2D eigenvalue weighted by atomic mass is 10.1. The van der Waals surface area contributed by atoms with Gasteiger partial charge in [0.1, 0.15) is 12.4 Å². The second-order valence-electron chi connectivity index (χ2n) is 6.45. The molecule has 0 saturated heterocycles. The molecule has 0 fully saturated rings. The highest BCUT2D eigenvalue weighted by Crippen LogP contribution is 2.11. The van der Waals surface area contributed by atoms with Crippen LogP contribution in [0.15, 0.2) is 30.3 Å². The first-order chi connectivity index (χ1) is 11.4. The quantitative estimate of drug-likeness (QED) is 0.318. The molecular formula is C21H38BrNO. The van der Waals surface area contributed by atoms with Gasteiger partial charge in [0.25, 0.3) is 0 Å². The zero-order valence-corrected chi connectivity index (χ0v) is 17.3. The predicted octanol–water partition coefficient (Wildman–Crippen LogP) is 6.54. The van der Waals surface area contributed by atoms with Gasteiger partial charge < -0.3 is 10.1 Å². The number of para-hydroxylation sites is 1. The van der Waals surface area contributed by atoms with Crippen LogP contribution in [0.25, 0.3) is 0 Å². The Bertz CT molecular complexity index is 345. The van der Waals surface area contributed by atoms with Gasteiger partial charge in [-0.15, -0.1) is 17.0 Å². The first kappa shape index (κ1) is 23.5. The lowest BCUT2D eigenvalue weighted by molar-refractivity contribution is 0.313. The van der Waals surface area contributed by atoms with Crippen LogP contribution in [0.1, 0.15) is 77.6 Å². The summed E-state index contributed by atoms with van der Waals surface area (Å²) in [7, 11) is 0. The molecule has 0 bridgehead atoms. The molecule has 0 amide bonds. The average Bonchev–Trinajstić information content (AvgIpc) is 2.59. The molecule has 1 N–H and O–H groups in total. The van der Waals surface area contributed by atoms with E-state index in [0.717, 1.165) is 25.4 Å². The van der Waals surface area contributed by atoms with Gasteiger partial charge in [0.15, 0.2) is 0 Å². The van der Waals surface area contributed by atoms with Gasteiger partial charge in [-0.3, -0.25) is 0 Å². The molecule has 0 unspecified atom stereocenters. The summed E-state index contributed by atoms with van der Waals surface area (Å²) in [5.74, 6) is 0.962. The normalized spacial score (nSPS) is 10.4. The number of rotatable bonds is 16. The number of hydrogen-bond donors (Lipinski definition) is 1. The molecular weight excluding hydrogens is 362 g/mol. The van der Waals surface area contributed by atoms with Crippen LogP contribution in [0.5, 0.6) is 5.75 Å². The molecule has 0 heterocycles. The van der Waals surface area contributed by atoms with Crippen LogP contribution in [0.4, 0.5) is 0 Å². The van der Waals surface area contributed by atoms with E-state index in [1.54, 1.807) is 0 Å². The summed E-state index contributed by atoms with van der Waals surface area (Å²) >= 11 is 0. The number of ether oxygens (including phenoxy) is 1. The summed E-state index contributed by atoms with van der Waals surface area (Å²) in [6.07, 6.45) is 15.5. The van der Waals surface area contributed by atoms with Gasteiger partial charge in [-0.2, -0.15) is 0 Å². The Morgan fingerprint density at radius 1 is 0.708 bits per heavy atom. The first-order valence-electron chi connectivity index (χ1n) is 9.82. The molecule has 0 aromatic heterocycles. The molecule has 0 radical (unpaired) electrons. The number of benzene rings is 1. The van der Waals surface area contributed by atoms with E-state index in [1.165, 1.54) is 70.6 Å². The van der Waals surface area contributed by atoms with Crippen molar-refractivity contribution in [2.45, 2.75) is 77.6 Å². The number of nitrogens with one attached hydrogen (secondary N) is 1. The molecule has 0 atom stereocenters. The fourth-order valence-electron chi connectivity index (χ4n) is 2.80. The Kier molecular flexibility index (Phi) is 18.4. The first-order valence-corrected chi connectivity index (χ1v) is 9.82. The minimum atomic E-state index is 0. The lowest BCUT2D eigenvalue weighted by Gasteiger charge is -2.07. The molecule has 0 spiro atoms.